The zero-order chi connectivity index (χ0) is 15.6. The van der Waals surface area contributed by atoms with Crippen molar-refractivity contribution in [2.45, 2.75) is 11.1 Å². The first-order valence-electron chi connectivity index (χ1n) is 5.94. The lowest BCUT2D eigenvalue weighted by atomic mass is 10.2. The van der Waals surface area contributed by atoms with Crippen LogP contribution < -0.4 is 10.0 Å². The van der Waals surface area contributed by atoms with Crippen molar-refractivity contribution in [3.63, 3.8) is 0 Å². The molecule has 2 aromatic rings. The number of amides is 1. The summed E-state index contributed by atoms with van der Waals surface area (Å²) in [5, 5.41) is 2.50. The molecule has 0 saturated heterocycles. The molecule has 0 aliphatic carbocycles. The molecule has 1 amide bonds. The van der Waals surface area contributed by atoms with Gasteiger partial charge in [-0.25, -0.2) is 8.42 Å². The van der Waals surface area contributed by atoms with Gasteiger partial charge in [-0.3, -0.25) is 9.52 Å². The van der Waals surface area contributed by atoms with Gasteiger partial charge in [0.05, 0.1) is 3.79 Å². The third-order valence-corrected chi connectivity index (χ3v) is 6.72. The van der Waals surface area contributed by atoms with Crippen molar-refractivity contribution in [1.29, 1.82) is 0 Å². The van der Waals surface area contributed by atoms with E-state index in [0.29, 0.717) is 11.3 Å². The summed E-state index contributed by atoms with van der Waals surface area (Å²) in [5.74, 6) is -0.220. The second-order valence-corrected chi connectivity index (χ2v) is 8.56. The first kappa shape index (κ1) is 16.0. The van der Waals surface area contributed by atoms with E-state index in [-0.39, 0.29) is 10.1 Å². The summed E-state index contributed by atoms with van der Waals surface area (Å²) in [6.07, 6.45) is 0. The minimum atomic E-state index is -3.62. The molecular weight excluding hydrogens is 376 g/mol. The Morgan fingerprint density at radius 1 is 1.24 bits per heavy atom. The standard InChI is InChI=1S/C13H13BrN2O3S2/c1-8-7-11(20-12(8)14)21(18,19)16-10-5-3-9(4-6-10)13(17)15-2/h3-7,16H,1-2H3,(H,15,17). The van der Waals surface area contributed by atoms with Crippen LogP contribution in [0.25, 0.3) is 0 Å². The molecule has 1 aromatic carbocycles. The molecule has 2 N–H and O–H groups in total. The molecule has 0 fully saturated rings. The Hall–Kier alpha value is -1.38. The Kier molecular flexibility index (Phi) is 4.70. The number of carbonyl (C=O) groups is 1. The zero-order valence-electron chi connectivity index (χ0n) is 11.3. The fourth-order valence-electron chi connectivity index (χ4n) is 1.60. The maximum atomic E-state index is 12.2. The van der Waals surface area contributed by atoms with Gasteiger partial charge in [0.2, 0.25) is 0 Å². The van der Waals surface area contributed by atoms with Crippen molar-refractivity contribution in [3.05, 3.63) is 45.2 Å². The number of anilines is 1. The van der Waals surface area contributed by atoms with Gasteiger partial charge in [0, 0.05) is 18.3 Å². The van der Waals surface area contributed by atoms with Crippen LogP contribution in [0.4, 0.5) is 5.69 Å². The number of aryl methyl sites for hydroxylation is 1. The van der Waals surface area contributed by atoms with Crippen LogP contribution in [-0.4, -0.2) is 21.4 Å². The first-order valence-corrected chi connectivity index (χ1v) is 9.03. The smallest absolute Gasteiger partial charge is 0.271 e. The van der Waals surface area contributed by atoms with Gasteiger partial charge in [-0.1, -0.05) is 0 Å². The predicted molar refractivity (Wildman–Crippen MR) is 87.4 cm³/mol. The Morgan fingerprint density at radius 3 is 2.33 bits per heavy atom. The average molecular weight is 389 g/mol. The second-order valence-electron chi connectivity index (χ2n) is 4.28. The number of sulfonamides is 1. The second kappa shape index (κ2) is 6.17. The van der Waals surface area contributed by atoms with E-state index in [1.165, 1.54) is 7.05 Å². The van der Waals surface area contributed by atoms with Crippen molar-refractivity contribution < 1.29 is 13.2 Å². The lowest BCUT2D eigenvalue weighted by molar-refractivity contribution is 0.0963. The van der Waals surface area contributed by atoms with Crippen molar-refractivity contribution >= 4 is 48.9 Å². The molecule has 2 rings (SSSR count). The summed E-state index contributed by atoms with van der Waals surface area (Å²) < 4.78 is 28.0. The number of hydrogen-bond donors (Lipinski definition) is 2. The number of halogens is 1. The number of rotatable bonds is 4. The van der Waals surface area contributed by atoms with E-state index in [9.17, 15) is 13.2 Å². The van der Waals surface area contributed by atoms with Crippen LogP contribution in [0.5, 0.6) is 0 Å². The molecule has 112 valence electrons. The molecule has 0 unspecified atom stereocenters. The van der Waals surface area contributed by atoms with Crippen LogP contribution >= 0.6 is 27.3 Å². The highest BCUT2D eigenvalue weighted by molar-refractivity contribution is 9.11. The summed E-state index contributed by atoms with van der Waals surface area (Å²) in [5.41, 5.74) is 1.75. The number of hydrogen-bond acceptors (Lipinski definition) is 4. The van der Waals surface area contributed by atoms with E-state index in [2.05, 4.69) is 26.0 Å². The van der Waals surface area contributed by atoms with E-state index in [1.54, 1.807) is 30.3 Å². The number of benzene rings is 1. The molecule has 0 aliphatic rings. The maximum absolute atomic E-state index is 12.2. The summed E-state index contributed by atoms with van der Waals surface area (Å²) in [4.78, 5) is 11.4. The highest BCUT2D eigenvalue weighted by Crippen LogP contribution is 2.31. The van der Waals surface area contributed by atoms with Crippen LogP contribution in [0.3, 0.4) is 0 Å². The van der Waals surface area contributed by atoms with E-state index in [1.807, 2.05) is 6.92 Å². The maximum Gasteiger partial charge on any atom is 0.271 e. The lowest BCUT2D eigenvalue weighted by Crippen LogP contribution is -2.17. The molecule has 1 heterocycles. The summed E-state index contributed by atoms with van der Waals surface area (Å²) >= 11 is 4.46. The average Bonchev–Trinajstić information content (AvgIpc) is 2.79. The van der Waals surface area contributed by atoms with Crippen LogP contribution in [0.1, 0.15) is 15.9 Å². The predicted octanol–water partition coefficient (Wildman–Crippen LogP) is 2.98. The minimum absolute atomic E-state index is 0.220. The number of nitrogens with one attached hydrogen (secondary N) is 2. The number of carbonyl (C=O) groups excluding carboxylic acids is 1. The zero-order valence-corrected chi connectivity index (χ0v) is 14.5. The molecule has 1 aromatic heterocycles. The van der Waals surface area contributed by atoms with Crippen LogP contribution in [0.2, 0.25) is 0 Å². The molecule has 0 aliphatic heterocycles. The molecule has 0 bridgehead atoms. The van der Waals surface area contributed by atoms with Gasteiger partial charge in [0.1, 0.15) is 4.21 Å². The topological polar surface area (TPSA) is 75.3 Å². The van der Waals surface area contributed by atoms with Crippen molar-refractivity contribution in [2.24, 2.45) is 0 Å². The quantitative estimate of drug-likeness (QED) is 0.844. The van der Waals surface area contributed by atoms with Gasteiger partial charge in [-0.05, 0) is 58.7 Å². The van der Waals surface area contributed by atoms with Gasteiger partial charge in [-0.2, -0.15) is 0 Å². The molecule has 0 saturated carbocycles. The molecule has 5 nitrogen and oxygen atoms in total. The Balaban J connectivity index is 2.22. The Labute approximate surface area is 135 Å². The van der Waals surface area contributed by atoms with E-state index in [0.717, 1.165) is 20.7 Å². The third kappa shape index (κ3) is 3.63. The first-order chi connectivity index (χ1) is 9.83. The summed E-state index contributed by atoms with van der Waals surface area (Å²) in [7, 11) is -2.08. The van der Waals surface area contributed by atoms with Crippen LogP contribution in [-0.2, 0) is 10.0 Å². The fraction of sp³-hybridized carbons (Fsp3) is 0.154. The van der Waals surface area contributed by atoms with Crippen molar-refractivity contribution in [2.75, 3.05) is 11.8 Å². The molecule has 0 radical (unpaired) electrons. The van der Waals surface area contributed by atoms with Crippen molar-refractivity contribution in [1.82, 2.24) is 5.32 Å². The minimum Gasteiger partial charge on any atom is -0.355 e. The van der Waals surface area contributed by atoms with Gasteiger partial charge < -0.3 is 5.32 Å². The lowest BCUT2D eigenvalue weighted by Gasteiger charge is -2.07. The Morgan fingerprint density at radius 2 is 1.86 bits per heavy atom. The van der Waals surface area contributed by atoms with Gasteiger partial charge in [0.25, 0.3) is 15.9 Å². The molecule has 0 atom stereocenters. The largest absolute Gasteiger partial charge is 0.355 e. The highest BCUT2D eigenvalue weighted by Gasteiger charge is 2.18. The third-order valence-electron chi connectivity index (χ3n) is 2.73. The number of thiophene rings is 1. The SMILES string of the molecule is CNC(=O)c1ccc(NS(=O)(=O)c2cc(C)c(Br)s2)cc1. The molecule has 8 heteroatoms. The fourth-order valence-corrected chi connectivity index (χ4v) is 4.89. The molecule has 21 heavy (non-hydrogen) atoms. The van der Waals surface area contributed by atoms with Gasteiger partial charge in [0.15, 0.2) is 0 Å². The van der Waals surface area contributed by atoms with E-state index >= 15 is 0 Å². The van der Waals surface area contributed by atoms with Crippen molar-refractivity contribution in [3.8, 4) is 0 Å². The van der Waals surface area contributed by atoms with Gasteiger partial charge in [-0.15, -0.1) is 11.3 Å². The molecular formula is C13H13BrN2O3S2. The van der Waals surface area contributed by atoms with E-state index < -0.39 is 10.0 Å². The van der Waals surface area contributed by atoms with Crippen LogP contribution in [0.15, 0.2) is 38.3 Å². The summed E-state index contributed by atoms with van der Waals surface area (Å²) in [6, 6.07) is 7.84. The molecule has 0 spiro atoms. The monoisotopic (exact) mass is 388 g/mol. The summed E-state index contributed by atoms with van der Waals surface area (Å²) in [6.45, 7) is 1.83. The normalized spacial score (nSPS) is 11.2. The van der Waals surface area contributed by atoms with Gasteiger partial charge >= 0.3 is 0 Å². The van der Waals surface area contributed by atoms with Crippen LogP contribution in [0, 0.1) is 6.92 Å². The van der Waals surface area contributed by atoms with E-state index in [4.69, 9.17) is 0 Å². The highest BCUT2D eigenvalue weighted by atomic mass is 79.9. The Bertz CT molecular complexity index is 748.